The van der Waals surface area contributed by atoms with Crippen LogP contribution in [0.2, 0.25) is 0 Å². The molecule has 88 valence electrons. The first-order chi connectivity index (χ1) is 8.08. The molecule has 1 aromatic carbocycles. The van der Waals surface area contributed by atoms with Gasteiger partial charge in [-0.3, -0.25) is 9.59 Å². The molecular weight excluding hydrogens is 224 g/mol. The number of rotatable bonds is 2. The number of hydroxylamine groups is 2. The minimum absolute atomic E-state index is 0.0725. The highest BCUT2D eigenvalue weighted by atomic mass is 16.7. The number of hydrogen-bond donors (Lipinski definition) is 1. The monoisotopic (exact) mass is 234 g/mol. The number of nitrogens with zero attached hydrogens (tertiary/aromatic N) is 1. The number of nitrogens with two attached hydrogens (primary N) is 1. The smallest absolute Gasteiger partial charge is 0.363 e. The van der Waals surface area contributed by atoms with Crippen molar-refractivity contribution in [3.05, 3.63) is 29.8 Å². The quantitative estimate of drug-likeness (QED) is 0.594. The van der Waals surface area contributed by atoms with Crippen molar-refractivity contribution < 1.29 is 19.2 Å². The van der Waals surface area contributed by atoms with Crippen molar-refractivity contribution in [1.29, 1.82) is 0 Å². The Kier molecular flexibility index (Phi) is 2.78. The molecule has 0 aromatic heterocycles. The number of benzene rings is 1. The Hall–Kier alpha value is -2.37. The van der Waals surface area contributed by atoms with E-state index in [1.165, 1.54) is 12.1 Å². The zero-order valence-corrected chi connectivity index (χ0v) is 8.88. The minimum atomic E-state index is -0.777. The Morgan fingerprint density at radius 2 is 1.88 bits per heavy atom. The number of imide groups is 1. The van der Waals surface area contributed by atoms with Crippen molar-refractivity contribution in [2.75, 3.05) is 5.73 Å². The van der Waals surface area contributed by atoms with E-state index in [9.17, 15) is 14.4 Å². The summed E-state index contributed by atoms with van der Waals surface area (Å²) in [6.07, 6.45) is 0.145. The highest BCUT2D eigenvalue weighted by molar-refractivity contribution is 6.02. The van der Waals surface area contributed by atoms with Gasteiger partial charge in [-0.1, -0.05) is 6.07 Å². The van der Waals surface area contributed by atoms with Gasteiger partial charge in [0.15, 0.2) is 0 Å². The summed E-state index contributed by atoms with van der Waals surface area (Å²) in [6.45, 7) is 0. The minimum Gasteiger partial charge on any atom is -0.399 e. The Morgan fingerprint density at radius 1 is 1.24 bits per heavy atom. The molecule has 1 fully saturated rings. The fourth-order valence-electron chi connectivity index (χ4n) is 1.46. The van der Waals surface area contributed by atoms with Crippen molar-refractivity contribution in [3.8, 4) is 0 Å². The molecule has 1 heterocycles. The fraction of sp³-hybridized carbons (Fsp3) is 0.182. The Morgan fingerprint density at radius 3 is 2.47 bits per heavy atom. The number of carbonyl (C=O) groups is 3. The van der Waals surface area contributed by atoms with E-state index in [2.05, 4.69) is 0 Å². The second-order valence-electron chi connectivity index (χ2n) is 3.59. The van der Waals surface area contributed by atoms with E-state index >= 15 is 0 Å². The first-order valence-corrected chi connectivity index (χ1v) is 5.01. The maximum absolute atomic E-state index is 11.6. The molecule has 1 aromatic rings. The predicted molar refractivity (Wildman–Crippen MR) is 57.4 cm³/mol. The second-order valence-corrected chi connectivity index (χ2v) is 3.59. The van der Waals surface area contributed by atoms with Gasteiger partial charge >= 0.3 is 5.97 Å². The zero-order valence-electron chi connectivity index (χ0n) is 8.88. The summed E-state index contributed by atoms with van der Waals surface area (Å²) in [5.74, 6) is -1.79. The van der Waals surface area contributed by atoms with Crippen LogP contribution in [0.15, 0.2) is 24.3 Å². The van der Waals surface area contributed by atoms with Crippen LogP contribution in [0.25, 0.3) is 0 Å². The average molecular weight is 234 g/mol. The van der Waals surface area contributed by atoms with Crippen LogP contribution in [-0.2, 0) is 14.4 Å². The van der Waals surface area contributed by atoms with Crippen LogP contribution in [0.3, 0.4) is 0 Å². The van der Waals surface area contributed by atoms with Gasteiger partial charge in [-0.2, -0.15) is 0 Å². The molecule has 6 heteroatoms. The molecule has 2 amide bonds. The van der Waals surface area contributed by atoms with Crippen LogP contribution < -0.4 is 5.73 Å². The van der Waals surface area contributed by atoms with Gasteiger partial charge in [-0.15, -0.1) is 5.06 Å². The maximum Gasteiger partial charge on any atom is 0.363 e. The molecule has 1 aliphatic rings. The number of anilines is 1. The molecule has 6 nitrogen and oxygen atoms in total. The van der Waals surface area contributed by atoms with E-state index in [0.717, 1.165) is 0 Å². The van der Waals surface area contributed by atoms with Gasteiger partial charge in [0.05, 0.1) is 5.56 Å². The van der Waals surface area contributed by atoms with Crippen molar-refractivity contribution in [3.63, 3.8) is 0 Å². The predicted octanol–water partition coefficient (Wildman–Crippen LogP) is 0.490. The Balaban J connectivity index is 2.12. The largest absolute Gasteiger partial charge is 0.399 e. The molecule has 2 N–H and O–H groups in total. The fourth-order valence-corrected chi connectivity index (χ4v) is 1.46. The lowest BCUT2D eigenvalue weighted by atomic mass is 10.2. The summed E-state index contributed by atoms with van der Waals surface area (Å²) in [6, 6.07) is 6.10. The van der Waals surface area contributed by atoms with Gasteiger partial charge in [0.2, 0.25) is 0 Å². The molecule has 1 aliphatic heterocycles. The zero-order chi connectivity index (χ0) is 12.4. The van der Waals surface area contributed by atoms with Gasteiger partial charge in [-0.25, -0.2) is 4.79 Å². The molecule has 0 unspecified atom stereocenters. The lowest BCUT2D eigenvalue weighted by molar-refractivity contribution is -0.172. The van der Waals surface area contributed by atoms with Crippen LogP contribution in [0.5, 0.6) is 0 Å². The first-order valence-electron chi connectivity index (χ1n) is 5.01. The van der Waals surface area contributed by atoms with Crippen molar-refractivity contribution >= 4 is 23.5 Å². The topological polar surface area (TPSA) is 89.7 Å². The van der Waals surface area contributed by atoms with Crippen molar-refractivity contribution in [2.45, 2.75) is 12.8 Å². The maximum atomic E-state index is 11.6. The van der Waals surface area contributed by atoms with E-state index in [1.54, 1.807) is 12.1 Å². The van der Waals surface area contributed by atoms with Crippen molar-refractivity contribution in [2.24, 2.45) is 0 Å². The third-order valence-corrected chi connectivity index (χ3v) is 2.30. The molecule has 0 radical (unpaired) electrons. The normalized spacial score (nSPS) is 15.2. The molecule has 17 heavy (non-hydrogen) atoms. The second kappa shape index (κ2) is 4.25. The van der Waals surface area contributed by atoms with Gasteiger partial charge < -0.3 is 10.6 Å². The SMILES string of the molecule is Nc1cccc(C(=O)ON2C(=O)CCC2=O)c1. The summed E-state index contributed by atoms with van der Waals surface area (Å²) in [5, 5.41) is 0.505. The molecule has 0 saturated carbocycles. The van der Waals surface area contributed by atoms with Crippen LogP contribution >= 0.6 is 0 Å². The van der Waals surface area contributed by atoms with Crippen molar-refractivity contribution in [1.82, 2.24) is 5.06 Å². The molecule has 1 saturated heterocycles. The van der Waals surface area contributed by atoms with Crippen LogP contribution in [0.1, 0.15) is 23.2 Å². The lowest BCUT2D eigenvalue weighted by Gasteiger charge is -2.12. The van der Waals surface area contributed by atoms with E-state index < -0.39 is 17.8 Å². The number of amides is 2. The van der Waals surface area contributed by atoms with Crippen LogP contribution in [-0.4, -0.2) is 22.8 Å². The number of carbonyl (C=O) groups excluding carboxylic acids is 3. The van der Waals surface area contributed by atoms with Crippen LogP contribution in [0, 0.1) is 0 Å². The van der Waals surface area contributed by atoms with Crippen LogP contribution in [0.4, 0.5) is 5.69 Å². The lowest BCUT2D eigenvalue weighted by Crippen LogP contribution is -2.32. The third-order valence-electron chi connectivity index (χ3n) is 2.30. The van der Waals surface area contributed by atoms with E-state index in [0.29, 0.717) is 10.8 Å². The highest BCUT2D eigenvalue weighted by Gasteiger charge is 2.33. The summed E-state index contributed by atoms with van der Waals surface area (Å²) >= 11 is 0. The number of nitrogen functional groups attached to an aromatic ring is 1. The van der Waals surface area contributed by atoms with Gasteiger partial charge in [0, 0.05) is 18.5 Å². The molecular formula is C11H10N2O4. The van der Waals surface area contributed by atoms with E-state index in [4.69, 9.17) is 10.6 Å². The van der Waals surface area contributed by atoms with Gasteiger partial charge in [-0.05, 0) is 18.2 Å². The molecule has 0 aliphatic carbocycles. The first kappa shape index (κ1) is 11.1. The summed E-state index contributed by atoms with van der Waals surface area (Å²) < 4.78 is 0. The Bertz CT molecular complexity index is 482. The highest BCUT2D eigenvalue weighted by Crippen LogP contribution is 2.15. The average Bonchev–Trinajstić information content (AvgIpc) is 2.61. The molecule has 0 atom stereocenters. The van der Waals surface area contributed by atoms with Gasteiger partial charge in [0.25, 0.3) is 11.8 Å². The molecule has 0 spiro atoms. The molecule has 0 bridgehead atoms. The summed E-state index contributed by atoms with van der Waals surface area (Å²) in [7, 11) is 0. The standard InChI is InChI=1S/C11H10N2O4/c12-8-3-1-2-7(6-8)11(16)17-13-9(14)4-5-10(13)15/h1-3,6H,4-5,12H2. The summed E-state index contributed by atoms with van der Waals surface area (Å²) in [5.41, 5.74) is 6.10. The van der Waals surface area contributed by atoms with E-state index in [1.807, 2.05) is 0 Å². The van der Waals surface area contributed by atoms with E-state index in [-0.39, 0.29) is 18.4 Å². The Labute approximate surface area is 96.9 Å². The van der Waals surface area contributed by atoms with Gasteiger partial charge in [0.1, 0.15) is 0 Å². The third kappa shape index (κ3) is 2.25. The summed E-state index contributed by atoms with van der Waals surface area (Å²) in [4.78, 5) is 38.8. The molecule has 2 rings (SSSR count). The number of hydrogen-bond acceptors (Lipinski definition) is 5.